The van der Waals surface area contributed by atoms with E-state index in [0.717, 1.165) is 12.1 Å². The van der Waals surface area contributed by atoms with Crippen molar-refractivity contribution in [2.45, 2.75) is 39.7 Å². The predicted octanol–water partition coefficient (Wildman–Crippen LogP) is 3.12. The number of hydrogen-bond donors (Lipinski definition) is 1. The predicted molar refractivity (Wildman–Crippen MR) is 70.8 cm³/mol. The molecule has 2 N–H and O–H groups in total. The van der Waals surface area contributed by atoms with Crippen LogP contribution in [0.15, 0.2) is 18.2 Å². The van der Waals surface area contributed by atoms with Crippen LogP contribution in [0.4, 0.5) is 5.95 Å². The standard InChI is InChI=1S/C14H19N3/c1-3-14(6-7-14)9-17-12-8-10(2)4-5-11(12)16-13(17)15/h4-5,8H,3,6-7,9H2,1-2H3,(H2,15,16). The fourth-order valence-electron chi connectivity index (χ4n) is 2.55. The molecule has 3 heteroatoms. The summed E-state index contributed by atoms with van der Waals surface area (Å²) in [5.41, 5.74) is 10.00. The van der Waals surface area contributed by atoms with Crippen molar-refractivity contribution in [3.63, 3.8) is 0 Å². The second-order valence-corrected chi connectivity index (χ2v) is 5.40. The van der Waals surface area contributed by atoms with E-state index in [1.54, 1.807) is 0 Å². The van der Waals surface area contributed by atoms with Crippen LogP contribution in [0, 0.1) is 12.3 Å². The number of anilines is 1. The van der Waals surface area contributed by atoms with Gasteiger partial charge >= 0.3 is 0 Å². The van der Waals surface area contributed by atoms with Gasteiger partial charge in [0.05, 0.1) is 11.0 Å². The lowest BCUT2D eigenvalue weighted by molar-refractivity contribution is 0.418. The lowest BCUT2D eigenvalue weighted by Gasteiger charge is -2.15. The number of fused-ring (bicyclic) bond motifs is 1. The molecule has 0 spiro atoms. The van der Waals surface area contributed by atoms with Gasteiger partial charge in [0.2, 0.25) is 5.95 Å². The van der Waals surface area contributed by atoms with Gasteiger partial charge in [-0.3, -0.25) is 0 Å². The summed E-state index contributed by atoms with van der Waals surface area (Å²) >= 11 is 0. The maximum absolute atomic E-state index is 6.04. The van der Waals surface area contributed by atoms with Gasteiger partial charge in [-0.15, -0.1) is 0 Å². The molecule has 1 heterocycles. The summed E-state index contributed by atoms with van der Waals surface area (Å²) in [6.45, 7) is 5.41. The molecular weight excluding hydrogens is 210 g/mol. The van der Waals surface area contributed by atoms with Crippen LogP contribution in [0.3, 0.4) is 0 Å². The highest BCUT2D eigenvalue weighted by molar-refractivity contribution is 5.79. The van der Waals surface area contributed by atoms with Gasteiger partial charge in [-0.2, -0.15) is 0 Å². The van der Waals surface area contributed by atoms with Gasteiger partial charge in [0.1, 0.15) is 0 Å². The number of imidazole rings is 1. The summed E-state index contributed by atoms with van der Waals surface area (Å²) in [6, 6.07) is 6.33. The normalized spacial score (nSPS) is 17.5. The van der Waals surface area contributed by atoms with Crippen LogP contribution in [0.5, 0.6) is 0 Å². The molecule has 1 aliphatic rings. The minimum atomic E-state index is 0.492. The Morgan fingerprint density at radius 2 is 2.18 bits per heavy atom. The zero-order valence-corrected chi connectivity index (χ0v) is 10.5. The van der Waals surface area contributed by atoms with Crippen LogP contribution in [0.25, 0.3) is 11.0 Å². The third-order valence-electron chi connectivity index (χ3n) is 4.13. The van der Waals surface area contributed by atoms with Crippen LogP contribution in [0.2, 0.25) is 0 Å². The number of hydrogen-bond acceptors (Lipinski definition) is 2. The summed E-state index contributed by atoms with van der Waals surface area (Å²) in [6.07, 6.45) is 3.89. The fourth-order valence-corrected chi connectivity index (χ4v) is 2.55. The highest BCUT2D eigenvalue weighted by Gasteiger charge is 2.41. The van der Waals surface area contributed by atoms with Crippen molar-refractivity contribution >= 4 is 17.0 Å². The van der Waals surface area contributed by atoms with E-state index in [4.69, 9.17) is 5.73 Å². The van der Waals surface area contributed by atoms with Crippen LogP contribution in [-0.4, -0.2) is 9.55 Å². The zero-order chi connectivity index (χ0) is 12.0. The molecule has 1 aromatic heterocycles. The maximum Gasteiger partial charge on any atom is 0.201 e. The van der Waals surface area contributed by atoms with Crippen molar-refractivity contribution in [3.8, 4) is 0 Å². The third kappa shape index (κ3) is 1.70. The summed E-state index contributed by atoms with van der Waals surface area (Å²) < 4.78 is 2.19. The Kier molecular flexibility index (Phi) is 2.18. The van der Waals surface area contributed by atoms with Crippen molar-refractivity contribution in [1.82, 2.24) is 9.55 Å². The number of aryl methyl sites for hydroxylation is 1. The number of rotatable bonds is 3. The first-order valence-corrected chi connectivity index (χ1v) is 6.36. The molecule has 0 radical (unpaired) electrons. The molecule has 2 aromatic rings. The molecule has 1 fully saturated rings. The number of nitrogens with two attached hydrogens (primary N) is 1. The van der Waals surface area contributed by atoms with E-state index in [0.29, 0.717) is 11.4 Å². The van der Waals surface area contributed by atoms with E-state index < -0.39 is 0 Å². The molecule has 0 aliphatic heterocycles. The van der Waals surface area contributed by atoms with Gasteiger partial charge in [-0.05, 0) is 49.3 Å². The van der Waals surface area contributed by atoms with Gasteiger partial charge in [-0.25, -0.2) is 4.98 Å². The maximum atomic E-state index is 6.04. The van der Waals surface area contributed by atoms with E-state index in [9.17, 15) is 0 Å². The highest BCUT2D eigenvalue weighted by atomic mass is 15.2. The van der Waals surface area contributed by atoms with Crippen molar-refractivity contribution in [2.75, 3.05) is 5.73 Å². The van der Waals surface area contributed by atoms with E-state index in [-0.39, 0.29) is 0 Å². The van der Waals surface area contributed by atoms with Crippen LogP contribution < -0.4 is 5.73 Å². The van der Waals surface area contributed by atoms with Crippen molar-refractivity contribution in [3.05, 3.63) is 23.8 Å². The Bertz CT molecular complexity index is 564. The minimum absolute atomic E-state index is 0.492. The molecule has 3 rings (SSSR count). The van der Waals surface area contributed by atoms with Gasteiger partial charge < -0.3 is 10.3 Å². The first kappa shape index (κ1) is 10.6. The number of nitrogens with zero attached hydrogens (tertiary/aromatic N) is 2. The van der Waals surface area contributed by atoms with Gasteiger partial charge in [0.25, 0.3) is 0 Å². The molecule has 3 nitrogen and oxygen atoms in total. The first-order chi connectivity index (χ1) is 8.13. The van der Waals surface area contributed by atoms with E-state index >= 15 is 0 Å². The van der Waals surface area contributed by atoms with Crippen molar-refractivity contribution < 1.29 is 0 Å². The van der Waals surface area contributed by atoms with Crippen LogP contribution in [0.1, 0.15) is 31.7 Å². The van der Waals surface area contributed by atoms with Crippen LogP contribution in [-0.2, 0) is 6.54 Å². The van der Waals surface area contributed by atoms with Gasteiger partial charge in [0.15, 0.2) is 0 Å². The zero-order valence-electron chi connectivity index (χ0n) is 10.5. The van der Waals surface area contributed by atoms with Gasteiger partial charge in [0, 0.05) is 6.54 Å². The lowest BCUT2D eigenvalue weighted by Crippen LogP contribution is -2.13. The summed E-state index contributed by atoms with van der Waals surface area (Å²) in [4.78, 5) is 4.44. The Labute approximate surface area is 102 Å². The fraction of sp³-hybridized carbons (Fsp3) is 0.500. The monoisotopic (exact) mass is 229 g/mol. The molecule has 90 valence electrons. The summed E-state index contributed by atoms with van der Waals surface area (Å²) in [7, 11) is 0. The molecule has 0 amide bonds. The van der Waals surface area contributed by atoms with Crippen molar-refractivity contribution in [1.29, 1.82) is 0 Å². The SMILES string of the molecule is CCC1(Cn2c(N)nc3ccc(C)cc32)CC1. The Balaban J connectivity index is 2.08. The molecule has 0 unspecified atom stereocenters. The molecule has 0 saturated heterocycles. The Morgan fingerprint density at radius 1 is 1.41 bits per heavy atom. The van der Waals surface area contributed by atoms with E-state index in [2.05, 4.69) is 41.6 Å². The number of benzene rings is 1. The molecule has 1 aromatic carbocycles. The van der Waals surface area contributed by atoms with E-state index in [1.807, 2.05) is 0 Å². The molecule has 1 aliphatic carbocycles. The minimum Gasteiger partial charge on any atom is -0.369 e. The Hall–Kier alpha value is -1.51. The third-order valence-corrected chi connectivity index (χ3v) is 4.13. The second-order valence-electron chi connectivity index (χ2n) is 5.40. The average molecular weight is 229 g/mol. The Morgan fingerprint density at radius 3 is 2.82 bits per heavy atom. The molecule has 0 bridgehead atoms. The number of nitrogen functional groups attached to an aromatic ring is 1. The smallest absolute Gasteiger partial charge is 0.201 e. The molecule has 1 saturated carbocycles. The molecule has 17 heavy (non-hydrogen) atoms. The van der Waals surface area contributed by atoms with E-state index in [1.165, 1.54) is 30.3 Å². The molecule has 0 atom stereocenters. The average Bonchev–Trinajstić information content (AvgIpc) is 3.03. The quantitative estimate of drug-likeness (QED) is 0.878. The van der Waals surface area contributed by atoms with Gasteiger partial charge in [-0.1, -0.05) is 13.0 Å². The molecular formula is C14H19N3. The largest absolute Gasteiger partial charge is 0.369 e. The second kappa shape index (κ2) is 3.49. The topological polar surface area (TPSA) is 43.8 Å². The van der Waals surface area contributed by atoms with Crippen LogP contribution >= 0.6 is 0 Å². The lowest BCUT2D eigenvalue weighted by atomic mass is 10.0. The summed E-state index contributed by atoms with van der Waals surface area (Å²) in [5, 5.41) is 0. The highest BCUT2D eigenvalue weighted by Crippen LogP contribution is 2.50. The first-order valence-electron chi connectivity index (χ1n) is 6.36. The summed E-state index contributed by atoms with van der Waals surface area (Å²) in [5.74, 6) is 0.658. The number of aromatic nitrogens is 2. The van der Waals surface area contributed by atoms with Crippen molar-refractivity contribution in [2.24, 2.45) is 5.41 Å².